The molecule has 0 aliphatic rings. The van der Waals surface area contributed by atoms with E-state index in [0.29, 0.717) is 13.0 Å². The van der Waals surface area contributed by atoms with Crippen molar-refractivity contribution in [1.82, 2.24) is 9.55 Å². The highest BCUT2D eigenvalue weighted by atomic mass is 35.5. The topological polar surface area (TPSA) is 34.9 Å². The predicted octanol–water partition coefficient (Wildman–Crippen LogP) is 4.17. The highest BCUT2D eigenvalue weighted by Crippen LogP contribution is 2.16. The lowest BCUT2D eigenvalue weighted by molar-refractivity contribution is -0.119. The third kappa shape index (κ3) is 4.80. The van der Waals surface area contributed by atoms with Gasteiger partial charge in [0.25, 0.3) is 0 Å². The molecule has 23 heavy (non-hydrogen) atoms. The first-order valence-electron chi connectivity index (χ1n) is 7.44. The number of hydrogen-bond donors (Lipinski definition) is 0. The average Bonchev–Trinajstić information content (AvgIpc) is 3.03. The van der Waals surface area contributed by atoms with Gasteiger partial charge in [-0.25, -0.2) is 4.98 Å². The van der Waals surface area contributed by atoms with Crippen LogP contribution >= 0.6 is 12.4 Å². The summed E-state index contributed by atoms with van der Waals surface area (Å²) < 4.78 is 1.86. The minimum Gasteiger partial charge on any atom is -0.329 e. The van der Waals surface area contributed by atoms with Crippen LogP contribution < -0.4 is 0 Å². The molecule has 0 aliphatic carbocycles. The lowest BCUT2D eigenvalue weighted by atomic mass is 10.1. The van der Waals surface area contributed by atoms with E-state index in [4.69, 9.17) is 0 Å². The van der Waals surface area contributed by atoms with E-state index < -0.39 is 0 Å². The first kappa shape index (κ1) is 17.0. The van der Waals surface area contributed by atoms with Gasteiger partial charge in [0.1, 0.15) is 0 Å². The zero-order chi connectivity index (χ0) is 15.2. The standard InChI is InChI=1S/C19H18N2O.ClH/c22-18(12-11-16-7-3-1-4-8-16)13-21-14-19(20-15-21)17-9-5-2-6-10-17;/h1-10,14-15H,11-13H2;1H. The van der Waals surface area contributed by atoms with Crippen LogP contribution in [0.1, 0.15) is 12.0 Å². The molecule has 3 rings (SSSR count). The number of halogens is 1. The largest absolute Gasteiger partial charge is 0.329 e. The molecule has 0 fully saturated rings. The summed E-state index contributed by atoms with van der Waals surface area (Å²) in [7, 11) is 0. The number of nitrogens with zero attached hydrogens (tertiary/aromatic N) is 2. The summed E-state index contributed by atoms with van der Waals surface area (Å²) in [6.45, 7) is 0.382. The quantitative estimate of drug-likeness (QED) is 0.681. The lowest BCUT2D eigenvalue weighted by Crippen LogP contribution is -2.09. The summed E-state index contributed by atoms with van der Waals surface area (Å²) in [5, 5.41) is 0. The van der Waals surface area contributed by atoms with Crippen molar-refractivity contribution in [2.45, 2.75) is 19.4 Å². The zero-order valence-electron chi connectivity index (χ0n) is 12.8. The van der Waals surface area contributed by atoms with Crippen LogP contribution in [0.3, 0.4) is 0 Å². The Kier molecular flexibility index (Phi) is 6.12. The van der Waals surface area contributed by atoms with Gasteiger partial charge < -0.3 is 4.57 Å². The van der Waals surface area contributed by atoms with Crippen molar-refractivity contribution in [1.29, 1.82) is 0 Å². The monoisotopic (exact) mass is 326 g/mol. The Morgan fingerprint density at radius 2 is 1.61 bits per heavy atom. The number of aryl methyl sites for hydroxylation is 1. The minimum absolute atomic E-state index is 0. The second kappa shape index (κ2) is 8.30. The molecule has 0 radical (unpaired) electrons. The lowest BCUT2D eigenvalue weighted by Gasteiger charge is -2.02. The van der Waals surface area contributed by atoms with Gasteiger partial charge in [0.05, 0.1) is 18.6 Å². The molecule has 0 unspecified atom stereocenters. The van der Waals surface area contributed by atoms with Crippen LogP contribution in [0.5, 0.6) is 0 Å². The van der Waals surface area contributed by atoms with Gasteiger partial charge >= 0.3 is 0 Å². The Morgan fingerprint density at radius 3 is 2.30 bits per heavy atom. The van der Waals surface area contributed by atoms with E-state index >= 15 is 0 Å². The summed E-state index contributed by atoms with van der Waals surface area (Å²) >= 11 is 0. The van der Waals surface area contributed by atoms with Crippen molar-refractivity contribution in [3.63, 3.8) is 0 Å². The summed E-state index contributed by atoms with van der Waals surface area (Å²) in [4.78, 5) is 16.5. The number of benzene rings is 2. The summed E-state index contributed by atoms with van der Waals surface area (Å²) in [5.41, 5.74) is 3.17. The fraction of sp³-hybridized carbons (Fsp3) is 0.158. The first-order valence-corrected chi connectivity index (χ1v) is 7.44. The maximum absolute atomic E-state index is 12.1. The Labute approximate surface area is 142 Å². The van der Waals surface area contributed by atoms with Gasteiger partial charge in [0.15, 0.2) is 5.78 Å². The Hall–Kier alpha value is -2.39. The molecule has 3 aromatic rings. The van der Waals surface area contributed by atoms with Gasteiger partial charge in [0.2, 0.25) is 0 Å². The fourth-order valence-corrected chi connectivity index (χ4v) is 2.42. The summed E-state index contributed by atoms with van der Waals surface area (Å²) in [5.74, 6) is 0.223. The molecule has 118 valence electrons. The van der Waals surface area contributed by atoms with Gasteiger partial charge in [-0.05, 0) is 12.0 Å². The maximum Gasteiger partial charge on any atom is 0.152 e. The molecule has 0 N–H and O–H groups in total. The van der Waals surface area contributed by atoms with Crippen LogP contribution in [0.25, 0.3) is 11.3 Å². The minimum atomic E-state index is 0. The third-order valence-corrected chi connectivity index (χ3v) is 3.60. The zero-order valence-corrected chi connectivity index (χ0v) is 13.6. The van der Waals surface area contributed by atoms with Crippen LogP contribution in [0.15, 0.2) is 73.2 Å². The smallest absolute Gasteiger partial charge is 0.152 e. The molecule has 0 spiro atoms. The summed E-state index contributed by atoms with van der Waals surface area (Å²) in [6, 6.07) is 20.1. The molecular weight excluding hydrogens is 308 g/mol. The van der Waals surface area contributed by atoms with Crippen LogP contribution in [-0.2, 0) is 17.8 Å². The Bertz CT molecular complexity index is 738. The van der Waals surface area contributed by atoms with E-state index in [-0.39, 0.29) is 18.2 Å². The Morgan fingerprint density at radius 1 is 0.957 bits per heavy atom. The van der Waals surface area contributed by atoms with Crippen LogP contribution in [0, 0.1) is 0 Å². The number of hydrogen-bond acceptors (Lipinski definition) is 2. The molecule has 1 aromatic heterocycles. The number of Topliss-reactive ketones (excluding diaryl/α,β-unsaturated/α-hetero) is 1. The van der Waals surface area contributed by atoms with Crippen LogP contribution in [0.2, 0.25) is 0 Å². The highest BCUT2D eigenvalue weighted by Gasteiger charge is 2.06. The molecule has 0 aliphatic heterocycles. The van der Waals surface area contributed by atoms with Crippen molar-refractivity contribution in [2.75, 3.05) is 0 Å². The Balaban J connectivity index is 0.00000192. The van der Waals surface area contributed by atoms with E-state index in [2.05, 4.69) is 17.1 Å². The van der Waals surface area contributed by atoms with Crippen molar-refractivity contribution in [2.24, 2.45) is 0 Å². The predicted molar refractivity (Wildman–Crippen MR) is 94.7 cm³/mol. The highest BCUT2D eigenvalue weighted by molar-refractivity contribution is 5.85. The number of ketones is 1. The molecular formula is C19H19ClN2O. The SMILES string of the molecule is Cl.O=C(CCc1ccccc1)Cn1cnc(-c2ccccc2)c1. The van der Waals surface area contributed by atoms with Gasteiger partial charge in [-0.2, -0.15) is 0 Å². The van der Waals surface area contributed by atoms with Crippen LogP contribution in [0.4, 0.5) is 0 Å². The van der Waals surface area contributed by atoms with Crippen molar-refractivity contribution < 1.29 is 4.79 Å². The normalized spacial score (nSPS) is 10.1. The second-order valence-corrected chi connectivity index (χ2v) is 5.32. The molecule has 2 aromatic carbocycles. The van der Waals surface area contributed by atoms with E-state index in [1.54, 1.807) is 6.33 Å². The van der Waals surface area contributed by atoms with E-state index in [1.807, 2.05) is 59.3 Å². The fourth-order valence-electron chi connectivity index (χ4n) is 2.42. The van der Waals surface area contributed by atoms with E-state index in [9.17, 15) is 4.79 Å². The number of rotatable bonds is 6. The second-order valence-electron chi connectivity index (χ2n) is 5.32. The number of imidazole rings is 1. The number of carbonyl (C=O) groups excluding carboxylic acids is 1. The van der Waals surface area contributed by atoms with E-state index in [1.165, 1.54) is 5.56 Å². The average molecular weight is 327 g/mol. The molecule has 0 atom stereocenters. The van der Waals surface area contributed by atoms with Crippen LogP contribution in [-0.4, -0.2) is 15.3 Å². The van der Waals surface area contributed by atoms with Gasteiger partial charge in [-0.1, -0.05) is 60.7 Å². The molecule has 1 heterocycles. The number of carbonyl (C=O) groups is 1. The molecule has 0 saturated carbocycles. The molecule has 0 saturated heterocycles. The summed E-state index contributed by atoms with van der Waals surface area (Å²) in [6.07, 6.45) is 5.00. The molecule has 0 bridgehead atoms. The molecule has 4 heteroatoms. The van der Waals surface area contributed by atoms with Crippen molar-refractivity contribution >= 4 is 18.2 Å². The van der Waals surface area contributed by atoms with Gasteiger partial charge in [-0.3, -0.25) is 4.79 Å². The van der Waals surface area contributed by atoms with Gasteiger partial charge in [-0.15, -0.1) is 12.4 Å². The first-order chi connectivity index (χ1) is 10.8. The molecule has 3 nitrogen and oxygen atoms in total. The third-order valence-electron chi connectivity index (χ3n) is 3.60. The number of aromatic nitrogens is 2. The maximum atomic E-state index is 12.1. The van der Waals surface area contributed by atoms with Gasteiger partial charge in [0, 0.05) is 18.2 Å². The van der Waals surface area contributed by atoms with Crippen molar-refractivity contribution in [3.05, 3.63) is 78.8 Å². The van der Waals surface area contributed by atoms with Crippen molar-refractivity contribution in [3.8, 4) is 11.3 Å². The molecule has 0 amide bonds. The van der Waals surface area contributed by atoms with E-state index in [0.717, 1.165) is 17.7 Å².